The van der Waals surface area contributed by atoms with E-state index in [-0.39, 0.29) is 0 Å². The SMILES string of the molecule is Nc1ccc(C2=CCC(N)(N(c3ccc(-c4ccccc4)cc3)c3ccc(-c4ccc5c(c4)c4ccccc4n5-c4ccccc4)cc3)C=C2)cc1.c1ccc(-c2ccc(N(c3ccc(-c4ccccc4)cc3)c3ccc(-c4ccc5c(c4)c4ccccc4n5-c4ccccc4)cc3)cc2)cc1. The van der Waals surface area contributed by atoms with Crippen LogP contribution in [-0.2, 0) is 0 Å². The van der Waals surface area contributed by atoms with Gasteiger partial charge < -0.3 is 30.4 Å². The average molecular weight is 1310 g/mol. The number of nitrogen functional groups attached to an aromatic ring is 1. The molecule has 486 valence electrons. The Morgan fingerprint density at radius 1 is 0.265 bits per heavy atom. The maximum Gasteiger partial charge on any atom is 0.116 e. The molecule has 1 unspecified atom stereocenters. The van der Waals surface area contributed by atoms with Gasteiger partial charge in [-0.15, -0.1) is 0 Å². The van der Waals surface area contributed by atoms with Crippen LogP contribution in [0.1, 0.15) is 12.0 Å². The largest absolute Gasteiger partial charge is 0.399 e. The van der Waals surface area contributed by atoms with Gasteiger partial charge in [0.2, 0.25) is 0 Å². The second-order valence-corrected chi connectivity index (χ2v) is 26.2. The lowest BCUT2D eigenvalue weighted by atomic mass is 9.91. The molecule has 102 heavy (non-hydrogen) atoms. The molecule has 2 heterocycles. The summed E-state index contributed by atoms with van der Waals surface area (Å²) in [6.07, 6.45) is 7.13. The molecule has 0 bridgehead atoms. The smallest absolute Gasteiger partial charge is 0.116 e. The van der Waals surface area contributed by atoms with Gasteiger partial charge in [-0.1, -0.05) is 261 Å². The molecular formula is C96H72N6. The number of aromatic nitrogens is 2. The third-order valence-electron chi connectivity index (χ3n) is 19.9. The number of nitrogens with zero attached hydrogens (tertiary/aromatic N) is 4. The molecule has 0 saturated heterocycles. The van der Waals surface area contributed by atoms with E-state index < -0.39 is 5.66 Å². The highest BCUT2D eigenvalue weighted by Gasteiger charge is 2.33. The fraction of sp³-hybridized carbons (Fsp3) is 0.0208. The molecule has 1 aliphatic carbocycles. The number of hydrogen-bond donors (Lipinski definition) is 2. The summed E-state index contributed by atoms with van der Waals surface area (Å²) < 4.78 is 4.71. The summed E-state index contributed by atoms with van der Waals surface area (Å²) in [7, 11) is 0. The molecule has 0 spiro atoms. The van der Waals surface area contributed by atoms with E-state index in [1.165, 1.54) is 99.4 Å². The average Bonchev–Trinajstić information content (AvgIpc) is 1.56. The van der Waals surface area contributed by atoms with Crippen molar-refractivity contribution in [3.05, 3.63) is 406 Å². The van der Waals surface area contributed by atoms with Crippen molar-refractivity contribution in [1.82, 2.24) is 9.13 Å². The quantitative estimate of drug-likeness (QED) is 0.0841. The van der Waals surface area contributed by atoms with Gasteiger partial charge in [-0.05, 0) is 206 Å². The van der Waals surface area contributed by atoms with Gasteiger partial charge in [0.15, 0.2) is 0 Å². The van der Waals surface area contributed by atoms with Crippen molar-refractivity contribution in [2.75, 3.05) is 15.5 Å². The van der Waals surface area contributed by atoms with Gasteiger partial charge in [0.25, 0.3) is 0 Å². The summed E-state index contributed by atoms with van der Waals surface area (Å²) in [5.74, 6) is 0. The number of anilines is 6. The third kappa shape index (κ3) is 12.2. The lowest BCUT2D eigenvalue weighted by Gasteiger charge is -2.42. The number of rotatable bonds is 14. The van der Waals surface area contributed by atoms with E-state index in [0.717, 1.165) is 56.5 Å². The molecule has 2 aromatic heterocycles. The van der Waals surface area contributed by atoms with E-state index in [0.29, 0.717) is 6.42 Å². The van der Waals surface area contributed by atoms with Crippen molar-refractivity contribution >= 4 is 83.3 Å². The van der Waals surface area contributed by atoms with Crippen molar-refractivity contribution in [2.45, 2.75) is 12.1 Å². The second kappa shape index (κ2) is 27.2. The highest BCUT2D eigenvalue weighted by molar-refractivity contribution is 6.12. The molecule has 4 N–H and O–H groups in total. The van der Waals surface area contributed by atoms with E-state index in [9.17, 15) is 0 Å². The first kappa shape index (κ1) is 62.3. The molecule has 0 radical (unpaired) electrons. The molecule has 0 amide bonds. The van der Waals surface area contributed by atoms with Crippen molar-refractivity contribution < 1.29 is 0 Å². The molecule has 6 heteroatoms. The van der Waals surface area contributed by atoms with Gasteiger partial charge in [0.1, 0.15) is 5.66 Å². The molecule has 18 rings (SSSR count). The van der Waals surface area contributed by atoms with E-state index in [1.807, 2.05) is 18.2 Å². The Bertz CT molecular complexity index is 5770. The lowest BCUT2D eigenvalue weighted by molar-refractivity contribution is 0.541. The van der Waals surface area contributed by atoms with Crippen LogP contribution in [-0.4, -0.2) is 14.8 Å². The minimum absolute atomic E-state index is 0.632. The van der Waals surface area contributed by atoms with Crippen LogP contribution in [0.3, 0.4) is 0 Å². The highest BCUT2D eigenvalue weighted by Crippen LogP contribution is 2.43. The molecule has 0 aliphatic heterocycles. The molecule has 1 aliphatic rings. The van der Waals surface area contributed by atoms with Crippen LogP contribution in [0.2, 0.25) is 0 Å². The third-order valence-corrected chi connectivity index (χ3v) is 19.9. The maximum atomic E-state index is 7.37. The molecule has 15 aromatic carbocycles. The van der Waals surface area contributed by atoms with Gasteiger partial charge in [-0.3, -0.25) is 0 Å². The second-order valence-electron chi connectivity index (χ2n) is 26.2. The topological polar surface area (TPSA) is 68.4 Å². The first-order valence-electron chi connectivity index (χ1n) is 34.8. The molecular weight excluding hydrogens is 1240 g/mol. The zero-order valence-electron chi connectivity index (χ0n) is 56.3. The number of benzene rings is 15. The number of fused-ring (bicyclic) bond motifs is 6. The van der Waals surface area contributed by atoms with Crippen molar-refractivity contribution in [2.24, 2.45) is 5.73 Å². The Morgan fingerprint density at radius 2 is 0.559 bits per heavy atom. The van der Waals surface area contributed by atoms with Crippen LogP contribution in [0, 0.1) is 0 Å². The lowest BCUT2D eigenvalue weighted by Crippen LogP contribution is -2.53. The standard InChI is InChI=1S/C48H38N4.C48H34N2/c49-40-22-15-35(16-23-40)38-29-31-48(50,32-30-38)52(42-24-17-36(18-25-42)34-9-3-1-4-10-34)43-26-19-37(20-27-43)39-21-28-47-45(33-39)44-13-7-8-14-46(44)51(47)41-11-5-2-6-12-41;1-4-12-35(13-5-1)37-20-27-42(28-21-37)49(43-29-22-38(23-30-43)36-14-6-2-7-15-36)44-31-24-39(25-32-44)40-26-33-48-46(34-40)45-18-10-11-19-47(45)50(48)41-16-8-3-9-17-41/h1-31,33H,32,49-50H2;1-34H. The Hall–Kier alpha value is -13.3. The summed E-state index contributed by atoms with van der Waals surface area (Å²) in [5, 5.41) is 4.99. The van der Waals surface area contributed by atoms with Crippen LogP contribution < -0.4 is 21.3 Å². The van der Waals surface area contributed by atoms with Crippen LogP contribution in [0.25, 0.3) is 116 Å². The zero-order valence-corrected chi connectivity index (χ0v) is 56.3. The van der Waals surface area contributed by atoms with Crippen LogP contribution in [0.15, 0.2) is 400 Å². The van der Waals surface area contributed by atoms with Gasteiger partial charge in [0, 0.05) is 73.5 Å². The summed E-state index contributed by atoms with van der Waals surface area (Å²) in [6.45, 7) is 0. The van der Waals surface area contributed by atoms with Crippen molar-refractivity contribution in [3.63, 3.8) is 0 Å². The number of allylic oxidation sites excluding steroid dienone is 2. The molecule has 1 atom stereocenters. The molecule has 17 aromatic rings. The van der Waals surface area contributed by atoms with Crippen molar-refractivity contribution in [1.29, 1.82) is 0 Å². The Balaban J connectivity index is 0.000000152. The van der Waals surface area contributed by atoms with Gasteiger partial charge in [-0.2, -0.15) is 0 Å². The predicted octanol–water partition coefficient (Wildman–Crippen LogP) is 24.8. The molecule has 0 fully saturated rings. The normalized spacial score (nSPS) is 13.4. The van der Waals surface area contributed by atoms with E-state index in [2.05, 4.69) is 401 Å². The Labute approximate surface area is 595 Å². The summed E-state index contributed by atoms with van der Waals surface area (Å²) in [6, 6.07) is 136. The van der Waals surface area contributed by atoms with Crippen LogP contribution in [0.4, 0.5) is 34.1 Å². The van der Waals surface area contributed by atoms with E-state index in [4.69, 9.17) is 11.5 Å². The number of hydrogen-bond acceptors (Lipinski definition) is 4. The van der Waals surface area contributed by atoms with E-state index >= 15 is 0 Å². The van der Waals surface area contributed by atoms with Gasteiger partial charge in [0.05, 0.1) is 22.1 Å². The maximum absolute atomic E-state index is 7.37. The van der Waals surface area contributed by atoms with Gasteiger partial charge in [-0.25, -0.2) is 0 Å². The Kier molecular flexibility index (Phi) is 16.6. The summed E-state index contributed by atoms with van der Waals surface area (Å²) in [4.78, 5) is 4.60. The molecule has 6 nitrogen and oxygen atoms in total. The van der Waals surface area contributed by atoms with Crippen LogP contribution in [0.5, 0.6) is 0 Å². The number of para-hydroxylation sites is 4. The predicted molar refractivity (Wildman–Crippen MR) is 432 cm³/mol. The fourth-order valence-corrected chi connectivity index (χ4v) is 14.7. The minimum atomic E-state index is -0.786. The number of nitrogens with two attached hydrogens (primary N) is 2. The molecule has 0 saturated carbocycles. The first-order valence-corrected chi connectivity index (χ1v) is 34.8. The summed E-state index contributed by atoms with van der Waals surface area (Å²) >= 11 is 0. The van der Waals surface area contributed by atoms with E-state index in [1.54, 1.807) is 0 Å². The monoisotopic (exact) mass is 1310 g/mol. The van der Waals surface area contributed by atoms with Gasteiger partial charge >= 0.3 is 0 Å². The fourth-order valence-electron chi connectivity index (χ4n) is 14.7. The first-order chi connectivity index (χ1) is 50.3. The highest BCUT2D eigenvalue weighted by atomic mass is 15.3. The van der Waals surface area contributed by atoms with Crippen LogP contribution >= 0.6 is 0 Å². The minimum Gasteiger partial charge on any atom is -0.399 e. The Morgan fingerprint density at radius 3 is 0.922 bits per heavy atom. The summed E-state index contributed by atoms with van der Waals surface area (Å²) in [5.41, 5.74) is 40.0. The van der Waals surface area contributed by atoms with Crippen molar-refractivity contribution in [3.8, 4) is 67.0 Å². The zero-order chi connectivity index (χ0) is 68.4.